The van der Waals surface area contributed by atoms with Crippen molar-refractivity contribution < 1.29 is 13.5 Å². The van der Waals surface area contributed by atoms with Gasteiger partial charge in [0.15, 0.2) is 17.4 Å². The van der Waals surface area contributed by atoms with Gasteiger partial charge in [0.1, 0.15) is 5.75 Å². The SMILES string of the molecule is N[C@@H](Cc1ccncc1)c1ccc(F)c(Oc2ccccc2)c1F. The van der Waals surface area contributed by atoms with Crippen molar-refractivity contribution in [1.29, 1.82) is 0 Å². The Morgan fingerprint density at radius 1 is 0.958 bits per heavy atom. The summed E-state index contributed by atoms with van der Waals surface area (Å²) in [7, 11) is 0. The summed E-state index contributed by atoms with van der Waals surface area (Å²) in [5.41, 5.74) is 7.23. The van der Waals surface area contributed by atoms with E-state index in [-0.39, 0.29) is 5.56 Å². The molecule has 24 heavy (non-hydrogen) atoms. The monoisotopic (exact) mass is 326 g/mol. The number of para-hydroxylation sites is 1. The van der Waals surface area contributed by atoms with E-state index in [1.54, 1.807) is 42.7 Å². The number of nitrogens with two attached hydrogens (primary N) is 1. The zero-order valence-electron chi connectivity index (χ0n) is 12.8. The highest BCUT2D eigenvalue weighted by Gasteiger charge is 2.20. The molecule has 0 saturated carbocycles. The third kappa shape index (κ3) is 3.58. The smallest absolute Gasteiger partial charge is 0.198 e. The van der Waals surface area contributed by atoms with Gasteiger partial charge in [-0.2, -0.15) is 0 Å². The van der Waals surface area contributed by atoms with Crippen molar-refractivity contribution in [3.8, 4) is 11.5 Å². The van der Waals surface area contributed by atoms with Crippen LogP contribution in [0, 0.1) is 11.6 Å². The molecular weight excluding hydrogens is 310 g/mol. The molecule has 0 amide bonds. The minimum atomic E-state index is -0.777. The van der Waals surface area contributed by atoms with Gasteiger partial charge in [-0.1, -0.05) is 24.3 Å². The molecule has 0 saturated heterocycles. The van der Waals surface area contributed by atoms with Crippen LogP contribution < -0.4 is 10.5 Å². The van der Waals surface area contributed by atoms with Gasteiger partial charge in [0, 0.05) is 24.0 Å². The van der Waals surface area contributed by atoms with Crippen molar-refractivity contribution >= 4 is 0 Å². The first-order chi connectivity index (χ1) is 11.6. The Bertz CT molecular complexity index is 810. The van der Waals surface area contributed by atoms with E-state index in [9.17, 15) is 8.78 Å². The van der Waals surface area contributed by atoms with Crippen LogP contribution in [0.15, 0.2) is 67.0 Å². The van der Waals surface area contributed by atoms with Gasteiger partial charge in [0.2, 0.25) is 0 Å². The van der Waals surface area contributed by atoms with Crippen molar-refractivity contribution in [3.63, 3.8) is 0 Å². The molecule has 0 aliphatic rings. The normalized spacial score (nSPS) is 12.0. The fraction of sp³-hybridized carbons (Fsp3) is 0.105. The average molecular weight is 326 g/mol. The largest absolute Gasteiger partial charge is 0.451 e. The Morgan fingerprint density at radius 3 is 2.38 bits per heavy atom. The second kappa shape index (κ2) is 7.19. The first kappa shape index (κ1) is 16.1. The molecule has 0 radical (unpaired) electrons. The zero-order chi connectivity index (χ0) is 16.9. The molecule has 1 atom stereocenters. The van der Waals surface area contributed by atoms with Gasteiger partial charge in [-0.05, 0) is 42.3 Å². The Balaban J connectivity index is 1.88. The Hall–Kier alpha value is -2.79. The summed E-state index contributed by atoms with van der Waals surface area (Å²) in [4.78, 5) is 3.93. The third-order valence-electron chi connectivity index (χ3n) is 3.65. The lowest BCUT2D eigenvalue weighted by molar-refractivity contribution is 0.401. The zero-order valence-corrected chi connectivity index (χ0v) is 12.8. The summed E-state index contributed by atoms with van der Waals surface area (Å²) >= 11 is 0. The molecule has 3 nitrogen and oxygen atoms in total. The van der Waals surface area contributed by atoms with E-state index in [1.165, 1.54) is 12.1 Å². The molecule has 0 aliphatic carbocycles. The number of rotatable bonds is 5. The highest BCUT2D eigenvalue weighted by atomic mass is 19.1. The van der Waals surface area contributed by atoms with Crippen molar-refractivity contribution in [2.75, 3.05) is 0 Å². The van der Waals surface area contributed by atoms with Crippen LogP contribution in [0.5, 0.6) is 11.5 Å². The van der Waals surface area contributed by atoms with E-state index in [0.29, 0.717) is 12.2 Å². The Morgan fingerprint density at radius 2 is 1.67 bits per heavy atom. The van der Waals surface area contributed by atoms with Gasteiger partial charge in [-0.15, -0.1) is 0 Å². The summed E-state index contributed by atoms with van der Waals surface area (Å²) in [6.45, 7) is 0. The van der Waals surface area contributed by atoms with Crippen LogP contribution in [0.2, 0.25) is 0 Å². The molecular formula is C19H16F2N2O. The number of aromatic nitrogens is 1. The van der Waals surface area contributed by atoms with Crippen LogP contribution in [0.4, 0.5) is 8.78 Å². The predicted molar refractivity (Wildman–Crippen MR) is 87.7 cm³/mol. The number of benzene rings is 2. The van der Waals surface area contributed by atoms with E-state index in [0.717, 1.165) is 5.56 Å². The fourth-order valence-corrected chi connectivity index (χ4v) is 2.42. The van der Waals surface area contributed by atoms with Crippen LogP contribution in [0.25, 0.3) is 0 Å². The average Bonchev–Trinajstić information content (AvgIpc) is 2.60. The van der Waals surface area contributed by atoms with Crippen LogP contribution in [-0.4, -0.2) is 4.98 Å². The van der Waals surface area contributed by atoms with Gasteiger partial charge in [0.05, 0.1) is 0 Å². The highest BCUT2D eigenvalue weighted by molar-refractivity contribution is 5.38. The van der Waals surface area contributed by atoms with Crippen molar-refractivity contribution in [2.45, 2.75) is 12.5 Å². The molecule has 3 rings (SSSR count). The fourth-order valence-electron chi connectivity index (χ4n) is 2.42. The highest BCUT2D eigenvalue weighted by Crippen LogP contribution is 2.32. The number of ether oxygens (including phenoxy) is 1. The van der Waals surface area contributed by atoms with Crippen LogP contribution in [0.1, 0.15) is 17.2 Å². The van der Waals surface area contributed by atoms with E-state index in [4.69, 9.17) is 10.5 Å². The molecule has 0 unspecified atom stereocenters. The van der Waals surface area contributed by atoms with E-state index < -0.39 is 23.4 Å². The standard InChI is InChI=1S/C19H16F2N2O/c20-16-7-6-15(17(22)12-13-8-10-23-11-9-13)18(21)19(16)24-14-4-2-1-3-5-14/h1-11,17H,12,22H2/t17-/m0/s1. The Kier molecular flexibility index (Phi) is 4.82. The molecule has 2 N–H and O–H groups in total. The number of halogens is 2. The lowest BCUT2D eigenvalue weighted by atomic mass is 9.99. The second-order valence-corrected chi connectivity index (χ2v) is 5.36. The van der Waals surface area contributed by atoms with Crippen molar-refractivity contribution in [1.82, 2.24) is 4.98 Å². The number of pyridine rings is 1. The van der Waals surface area contributed by atoms with E-state index in [1.807, 2.05) is 12.1 Å². The molecule has 5 heteroatoms. The summed E-state index contributed by atoms with van der Waals surface area (Å²) in [5.74, 6) is -1.63. The lowest BCUT2D eigenvalue weighted by Crippen LogP contribution is -2.16. The second-order valence-electron chi connectivity index (χ2n) is 5.36. The minimum Gasteiger partial charge on any atom is -0.451 e. The van der Waals surface area contributed by atoms with E-state index >= 15 is 0 Å². The topological polar surface area (TPSA) is 48.1 Å². The van der Waals surface area contributed by atoms with E-state index in [2.05, 4.69) is 4.98 Å². The molecule has 1 aromatic heterocycles. The molecule has 3 aromatic rings. The third-order valence-corrected chi connectivity index (χ3v) is 3.65. The Labute approximate surface area is 138 Å². The summed E-state index contributed by atoms with van der Waals surface area (Å²) < 4.78 is 34.1. The van der Waals surface area contributed by atoms with Crippen molar-refractivity contribution in [2.24, 2.45) is 5.73 Å². The quantitative estimate of drug-likeness (QED) is 0.756. The molecule has 2 aromatic carbocycles. The lowest BCUT2D eigenvalue weighted by Gasteiger charge is -2.16. The first-order valence-corrected chi connectivity index (χ1v) is 7.50. The number of hydrogen-bond acceptors (Lipinski definition) is 3. The summed E-state index contributed by atoms with van der Waals surface area (Å²) in [6, 6.07) is 14.0. The molecule has 122 valence electrons. The maximum absolute atomic E-state index is 14.7. The number of hydrogen-bond donors (Lipinski definition) is 1. The first-order valence-electron chi connectivity index (χ1n) is 7.50. The summed E-state index contributed by atoms with van der Waals surface area (Å²) in [5, 5.41) is 0. The maximum atomic E-state index is 14.7. The predicted octanol–water partition coefficient (Wildman–Crippen LogP) is 4.39. The van der Waals surface area contributed by atoms with Crippen LogP contribution in [-0.2, 0) is 6.42 Å². The molecule has 0 aliphatic heterocycles. The van der Waals surface area contributed by atoms with Gasteiger partial charge >= 0.3 is 0 Å². The van der Waals surface area contributed by atoms with Gasteiger partial charge < -0.3 is 10.5 Å². The van der Waals surface area contributed by atoms with Gasteiger partial charge in [0.25, 0.3) is 0 Å². The van der Waals surface area contributed by atoms with Gasteiger partial charge in [-0.3, -0.25) is 4.98 Å². The van der Waals surface area contributed by atoms with Crippen LogP contribution >= 0.6 is 0 Å². The molecule has 0 fully saturated rings. The number of nitrogens with zero attached hydrogens (tertiary/aromatic N) is 1. The molecule has 0 bridgehead atoms. The molecule has 0 spiro atoms. The van der Waals surface area contributed by atoms with Crippen molar-refractivity contribution in [3.05, 3.63) is 89.8 Å². The minimum absolute atomic E-state index is 0.208. The maximum Gasteiger partial charge on any atom is 0.198 e. The summed E-state index contributed by atoms with van der Waals surface area (Å²) in [6.07, 6.45) is 3.70. The van der Waals surface area contributed by atoms with Crippen LogP contribution in [0.3, 0.4) is 0 Å². The molecule has 1 heterocycles. The van der Waals surface area contributed by atoms with Gasteiger partial charge in [-0.25, -0.2) is 8.78 Å².